The molecule has 2 amide bonds. The molecule has 5 nitrogen and oxygen atoms in total. The molecule has 1 N–H and O–H groups in total. The first-order valence-electron chi connectivity index (χ1n) is 7.95. The average molecular weight is 302 g/mol. The smallest absolute Gasteiger partial charge is 0.226 e. The summed E-state index contributed by atoms with van der Waals surface area (Å²) in [7, 11) is 0. The van der Waals surface area contributed by atoms with E-state index in [-0.39, 0.29) is 36.4 Å². The number of hydrogen-bond donors (Lipinski definition) is 1. The van der Waals surface area contributed by atoms with Gasteiger partial charge in [-0.3, -0.25) is 9.59 Å². The summed E-state index contributed by atoms with van der Waals surface area (Å²) in [5.41, 5.74) is 2.00. The van der Waals surface area contributed by atoms with Crippen molar-refractivity contribution in [1.82, 2.24) is 4.90 Å². The van der Waals surface area contributed by atoms with Crippen LogP contribution in [0, 0.1) is 0 Å². The summed E-state index contributed by atoms with van der Waals surface area (Å²) in [5, 5.41) is 9.71. The van der Waals surface area contributed by atoms with Crippen LogP contribution in [0.25, 0.3) is 0 Å². The van der Waals surface area contributed by atoms with Crippen LogP contribution < -0.4 is 4.90 Å². The zero-order valence-corrected chi connectivity index (χ0v) is 13.0. The maximum absolute atomic E-state index is 12.3. The second-order valence-corrected chi connectivity index (χ2v) is 5.91. The van der Waals surface area contributed by atoms with Gasteiger partial charge in [-0.2, -0.15) is 0 Å². The number of carbonyl (C=O) groups excluding carboxylic acids is 2. The van der Waals surface area contributed by atoms with Gasteiger partial charge in [-0.25, -0.2) is 0 Å². The minimum Gasteiger partial charge on any atom is -0.394 e. The van der Waals surface area contributed by atoms with Crippen LogP contribution in [0.4, 0.5) is 5.69 Å². The number of carbonyl (C=O) groups is 2. The molecule has 2 aliphatic heterocycles. The lowest BCUT2D eigenvalue weighted by Gasteiger charge is -2.59. The monoisotopic (exact) mass is 302 g/mol. The molecule has 0 bridgehead atoms. The van der Waals surface area contributed by atoms with Crippen molar-refractivity contribution in [3.63, 3.8) is 0 Å². The molecule has 0 unspecified atom stereocenters. The highest BCUT2D eigenvalue weighted by molar-refractivity contribution is 5.95. The molecular formula is C17H22N2O3. The first-order chi connectivity index (χ1) is 10.6. The number of aliphatic hydroxyl groups is 1. The van der Waals surface area contributed by atoms with Gasteiger partial charge < -0.3 is 14.9 Å². The third-order valence-corrected chi connectivity index (χ3v) is 4.88. The van der Waals surface area contributed by atoms with E-state index in [0.717, 1.165) is 11.3 Å². The maximum Gasteiger partial charge on any atom is 0.226 e. The fourth-order valence-corrected chi connectivity index (χ4v) is 3.84. The highest BCUT2D eigenvalue weighted by Crippen LogP contribution is 2.48. The largest absolute Gasteiger partial charge is 0.394 e. The third kappa shape index (κ3) is 2.03. The van der Waals surface area contributed by atoms with Gasteiger partial charge in [-0.15, -0.1) is 0 Å². The molecule has 0 spiro atoms. The van der Waals surface area contributed by atoms with Crippen molar-refractivity contribution >= 4 is 17.5 Å². The van der Waals surface area contributed by atoms with Gasteiger partial charge in [-0.1, -0.05) is 32.0 Å². The molecule has 2 heterocycles. The standard InChI is InChI=1S/C17H22N2O3/c1-3-15(21)18-9-13-17(11-7-5-6-8-12(11)18)14(10-20)19(13)16(22)4-2/h5-8,13-14,17,20H,3-4,9-10H2,1-2H3/t13-,14-,17+/m1/s1. The molecule has 2 aliphatic rings. The summed E-state index contributed by atoms with van der Waals surface area (Å²) < 4.78 is 0. The number of benzene rings is 1. The number of para-hydroxylation sites is 1. The second kappa shape index (κ2) is 5.72. The Morgan fingerprint density at radius 1 is 1.18 bits per heavy atom. The van der Waals surface area contributed by atoms with E-state index in [1.165, 1.54) is 0 Å². The van der Waals surface area contributed by atoms with Crippen LogP contribution in [-0.2, 0) is 9.59 Å². The SMILES string of the molecule is CCC(=O)N1C[C@@H]2[C@H](c3ccccc31)[C@@H](CO)N2C(=O)CC. The van der Waals surface area contributed by atoms with Crippen LogP contribution in [0.5, 0.6) is 0 Å². The number of amides is 2. The van der Waals surface area contributed by atoms with Crippen LogP contribution in [0.2, 0.25) is 0 Å². The lowest BCUT2D eigenvalue weighted by atomic mass is 9.71. The van der Waals surface area contributed by atoms with Gasteiger partial charge in [-0.05, 0) is 11.6 Å². The second-order valence-electron chi connectivity index (χ2n) is 5.91. The van der Waals surface area contributed by atoms with Crippen molar-refractivity contribution in [1.29, 1.82) is 0 Å². The van der Waals surface area contributed by atoms with Crippen LogP contribution >= 0.6 is 0 Å². The predicted molar refractivity (Wildman–Crippen MR) is 83.6 cm³/mol. The van der Waals surface area contributed by atoms with E-state index in [1.54, 1.807) is 9.80 Å². The van der Waals surface area contributed by atoms with Gasteiger partial charge >= 0.3 is 0 Å². The number of nitrogens with zero attached hydrogens (tertiary/aromatic N) is 2. The van der Waals surface area contributed by atoms with Crippen molar-refractivity contribution in [3.8, 4) is 0 Å². The molecule has 118 valence electrons. The van der Waals surface area contributed by atoms with Gasteiger partial charge in [0.2, 0.25) is 11.8 Å². The fourth-order valence-electron chi connectivity index (χ4n) is 3.84. The van der Waals surface area contributed by atoms with E-state index in [4.69, 9.17) is 0 Å². The first-order valence-corrected chi connectivity index (χ1v) is 7.95. The molecule has 1 saturated heterocycles. The Morgan fingerprint density at radius 2 is 1.86 bits per heavy atom. The van der Waals surface area contributed by atoms with Crippen molar-refractivity contribution in [2.45, 2.75) is 44.7 Å². The van der Waals surface area contributed by atoms with E-state index in [9.17, 15) is 14.7 Å². The van der Waals surface area contributed by atoms with Crippen molar-refractivity contribution < 1.29 is 14.7 Å². The zero-order valence-electron chi connectivity index (χ0n) is 13.0. The topological polar surface area (TPSA) is 60.9 Å². The van der Waals surface area contributed by atoms with Gasteiger partial charge in [0.1, 0.15) is 0 Å². The molecule has 1 fully saturated rings. The molecule has 1 aromatic carbocycles. The van der Waals surface area contributed by atoms with Crippen LogP contribution in [-0.4, -0.2) is 47.1 Å². The summed E-state index contributed by atoms with van der Waals surface area (Å²) in [6.07, 6.45) is 0.861. The third-order valence-electron chi connectivity index (χ3n) is 4.88. The summed E-state index contributed by atoms with van der Waals surface area (Å²) in [6.45, 7) is 4.17. The molecular weight excluding hydrogens is 280 g/mol. The Bertz CT molecular complexity index is 601. The molecule has 5 heteroatoms. The molecule has 1 aromatic rings. The van der Waals surface area contributed by atoms with Crippen molar-refractivity contribution in [3.05, 3.63) is 29.8 Å². The summed E-state index contributed by atoms with van der Waals surface area (Å²) in [4.78, 5) is 28.0. The normalized spacial score (nSPS) is 26.0. The van der Waals surface area contributed by atoms with Gasteiger partial charge in [0.05, 0.1) is 18.7 Å². The molecule has 0 aromatic heterocycles. The number of aliphatic hydroxyl groups excluding tert-OH is 1. The van der Waals surface area contributed by atoms with E-state index < -0.39 is 0 Å². The summed E-state index contributed by atoms with van der Waals surface area (Å²) in [6, 6.07) is 7.66. The summed E-state index contributed by atoms with van der Waals surface area (Å²) >= 11 is 0. The average Bonchev–Trinajstić information content (AvgIpc) is 2.54. The summed E-state index contributed by atoms with van der Waals surface area (Å²) in [5.74, 6) is 0.239. The minimum absolute atomic E-state index is 0.0185. The number of anilines is 1. The van der Waals surface area contributed by atoms with E-state index in [1.807, 2.05) is 38.1 Å². The first kappa shape index (κ1) is 15.0. The quantitative estimate of drug-likeness (QED) is 0.920. The highest BCUT2D eigenvalue weighted by atomic mass is 16.3. The predicted octanol–water partition coefficient (Wildman–Crippen LogP) is 1.51. The number of rotatable bonds is 3. The van der Waals surface area contributed by atoms with E-state index >= 15 is 0 Å². The zero-order chi connectivity index (χ0) is 15.9. The van der Waals surface area contributed by atoms with Gasteiger partial charge in [0.25, 0.3) is 0 Å². The minimum atomic E-state index is -0.169. The lowest BCUT2D eigenvalue weighted by Crippen LogP contribution is -2.70. The Labute approximate surface area is 130 Å². The molecule has 3 atom stereocenters. The number of hydrogen-bond acceptors (Lipinski definition) is 3. The number of likely N-dealkylation sites (tertiary alicyclic amines) is 1. The maximum atomic E-state index is 12.3. The van der Waals surface area contributed by atoms with Crippen LogP contribution in [0.15, 0.2) is 24.3 Å². The van der Waals surface area contributed by atoms with Crippen molar-refractivity contribution in [2.75, 3.05) is 18.1 Å². The molecule has 0 aliphatic carbocycles. The Morgan fingerprint density at radius 3 is 2.50 bits per heavy atom. The molecule has 3 rings (SSSR count). The van der Waals surface area contributed by atoms with Gasteiger partial charge in [0.15, 0.2) is 0 Å². The molecule has 0 saturated carbocycles. The molecule has 0 radical (unpaired) electrons. The van der Waals surface area contributed by atoms with E-state index in [2.05, 4.69) is 0 Å². The Kier molecular flexibility index (Phi) is 3.91. The van der Waals surface area contributed by atoms with Gasteiger partial charge in [0, 0.05) is 31.0 Å². The Balaban J connectivity index is 2.01. The van der Waals surface area contributed by atoms with Crippen LogP contribution in [0.1, 0.15) is 38.2 Å². The van der Waals surface area contributed by atoms with E-state index in [0.29, 0.717) is 19.4 Å². The Hall–Kier alpha value is -1.88. The fraction of sp³-hybridized carbons (Fsp3) is 0.529. The van der Waals surface area contributed by atoms with Crippen molar-refractivity contribution in [2.24, 2.45) is 0 Å². The molecule has 22 heavy (non-hydrogen) atoms. The van der Waals surface area contributed by atoms with Crippen LogP contribution in [0.3, 0.4) is 0 Å². The highest BCUT2D eigenvalue weighted by Gasteiger charge is 2.54. The lowest BCUT2D eigenvalue weighted by molar-refractivity contribution is -0.150. The number of fused-ring (bicyclic) bond motifs is 3.